The highest BCUT2D eigenvalue weighted by Crippen LogP contribution is 2.39. The molecule has 2 amide bonds. The van der Waals surface area contributed by atoms with Crippen molar-refractivity contribution in [3.8, 4) is 0 Å². The number of ether oxygens (including phenoxy) is 1. The number of benzene rings is 2. The highest BCUT2D eigenvalue weighted by Gasteiger charge is 2.36. The lowest BCUT2D eigenvalue weighted by Gasteiger charge is -2.07. The number of nitrogens with one attached hydrogen (secondary N) is 4. The summed E-state index contributed by atoms with van der Waals surface area (Å²) in [5.41, 5.74) is 6.22. The van der Waals surface area contributed by atoms with Crippen molar-refractivity contribution in [1.29, 1.82) is 0 Å². The van der Waals surface area contributed by atoms with E-state index in [0.29, 0.717) is 11.6 Å². The zero-order chi connectivity index (χ0) is 36.6. The number of hydrogen-bond acceptors (Lipinski definition) is 7. The van der Waals surface area contributed by atoms with Gasteiger partial charge in [-0.2, -0.15) is 14.3 Å². The fraction of sp³-hybridized carbons (Fsp3) is 0.333. The monoisotopic (exact) mass is 852 g/mol. The third-order valence-electron chi connectivity index (χ3n) is 8.48. The second-order valence-corrected chi connectivity index (χ2v) is 14.4. The number of nitrogens with zero attached hydrogens (tertiary/aromatic N) is 6. The minimum Gasteiger partial charge on any atom is -0.381 e. The molecule has 1 unspecified atom stereocenters. The van der Waals surface area contributed by atoms with E-state index < -0.39 is 5.92 Å². The largest absolute Gasteiger partial charge is 0.381 e. The van der Waals surface area contributed by atoms with Gasteiger partial charge in [0.25, 0.3) is 0 Å². The second-order valence-electron chi connectivity index (χ2n) is 12.2. The van der Waals surface area contributed by atoms with Gasteiger partial charge in [0.15, 0.2) is 0 Å². The number of aryl methyl sites for hydroxylation is 2. The third-order valence-corrected chi connectivity index (χ3v) is 9.77. The number of fused-ring (bicyclic) bond motifs is 4. The number of carbonyl (C=O) groups excluding carboxylic acids is 2. The summed E-state index contributed by atoms with van der Waals surface area (Å²) in [7, 11) is 0. The summed E-state index contributed by atoms with van der Waals surface area (Å²) < 4.78 is 10.9. The summed E-state index contributed by atoms with van der Waals surface area (Å²) in [6.07, 6.45) is 11.8. The molecular formula is C36H39Br2ClN10O3+2. The smallest absolute Gasteiger partial charge is 0.355 e. The van der Waals surface area contributed by atoms with Gasteiger partial charge in [0.05, 0.1) is 24.5 Å². The van der Waals surface area contributed by atoms with E-state index in [4.69, 9.17) is 16.3 Å². The van der Waals surface area contributed by atoms with Crippen LogP contribution in [0.15, 0.2) is 70.4 Å². The number of rotatable bonds is 5. The maximum absolute atomic E-state index is 12.5. The Balaban J connectivity index is 0.000000135. The second kappa shape index (κ2) is 17.5. The first-order chi connectivity index (χ1) is 25.3. The normalized spacial score (nSPS) is 15.4. The van der Waals surface area contributed by atoms with E-state index in [2.05, 4.69) is 86.5 Å². The predicted octanol–water partition coefficient (Wildman–Crippen LogP) is 6.55. The molecule has 4 aromatic heterocycles. The van der Waals surface area contributed by atoms with E-state index in [0.717, 1.165) is 98.4 Å². The zero-order valence-corrected chi connectivity index (χ0v) is 32.7. The van der Waals surface area contributed by atoms with Crippen molar-refractivity contribution in [2.75, 3.05) is 23.8 Å². The number of amides is 2. The summed E-state index contributed by atoms with van der Waals surface area (Å²) in [6, 6.07) is 11.6. The molecule has 0 radical (unpaired) electrons. The molecule has 4 N–H and O–H groups in total. The van der Waals surface area contributed by atoms with Crippen molar-refractivity contribution in [2.24, 2.45) is 0 Å². The molecule has 0 saturated carbocycles. The van der Waals surface area contributed by atoms with Gasteiger partial charge in [0.1, 0.15) is 34.9 Å². The van der Waals surface area contributed by atoms with Crippen LogP contribution in [0.2, 0.25) is 5.15 Å². The fourth-order valence-corrected chi connectivity index (χ4v) is 7.07. The summed E-state index contributed by atoms with van der Waals surface area (Å²) in [5.74, 6) is -0.390. The lowest BCUT2D eigenvalue weighted by Crippen LogP contribution is -2.36. The lowest BCUT2D eigenvalue weighted by molar-refractivity contribution is -0.728. The van der Waals surface area contributed by atoms with E-state index >= 15 is 0 Å². The molecule has 0 aliphatic carbocycles. The van der Waals surface area contributed by atoms with Crippen LogP contribution < -0.4 is 20.0 Å². The molecule has 1 fully saturated rings. The molecule has 7 heterocycles. The maximum atomic E-state index is 12.5. The molecule has 52 heavy (non-hydrogen) atoms. The molecule has 1 atom stereocenters. The molecule has 6 aromatic rings. The predicted molar refractivity (Wildman–Crippen MR) is 205 cm³/mol. The quantitative estimate of drug-likeness (QED) is 0.113. The van der Waals surface area contributed by atoms with Gasteiger partial charge in [0, 0.05) is 33.5 Å². The molecule has 9 rings (SSSR count). The third kappa shape index (κ3) is 8.65. The number of halogens is 3. The van der Waals surface area contributed by atoms with Crippen molar-refractivity contribution >= 4 is 88.7 Å². The van der Waals surface area contributed by atoms with Crippen LogP contribution in [-0.2, 0) is 33.8 Å². The average molecular weight is 855 g/mol. The van der Waals surface area contributed by atoms with Crippen LogP contribution in [0.5, 0.6) is 0 Å². The number of carbonyl (C=O) groups is 2. The van der Waals surface area contributed by atoms with E-state index in [-0.39, 0.29) is 11.8 Å². The van der Waals surface area contributed by atoms with Gasteiger partial charge in [-0.15, -0.1) is 0 Å². The van der Waals surface area contributed by atoms with E-state index in [1.807, 2.05) is 58.2 Å². The van der Waals surface area contributed by atoms with Crippen molar-refractivity contribution in [1.82, 2.24) is 30.1 Å². The van der Waals surface area contributed by atoms with Crippen LogP contribution >= 0.6 is 43.5 Å². The highest BCUT2D eigenvalue weighted by molar-refractivity contribution is 9.10. The standard InChI is InChI=1S/C16H14BrN5O.C8H6BrNO.C8H9ClN4.C4H8O/c1-2-5-22-15-11(7-20-22)14(18-8-19-15)13-10-6-9(17)3-4-12(10)21-16(13)23;9-6-1-2-7-5(3-6)4-8(11)10-7;1-2-3-13-8-6(4-12-13)7(9)10-5-11-8;1-2-4-5-3-1/h3-4,6-8,13H,2,5H2,1H3,(H,21,23);1-3H,4H2,(H,10,11);4-5H,2-3H2,1H3;1-4H2/p+2. The molecule has 1 saturated heterocycles. The summed E-state index contributed by atoms with van der Waals surface area (Å²) in [6.45, 7) is 7.98. The Labute approximate surface area is 322 Å². The average Bonchev–Trinajstić information content (AvgIpc) is 3.98. The first-order valence-electron chi connectivity index (χ1n) is 17.1. The number of aromatic nitrogens is 8. The molecular weight excluding hydrogens is 816 g/mol. The summed E-state index contributed by atoms with van der Waals surface area (Å²) in [4.78, 5) is 40.2. The van der Waals surface area contributed by atoms with Gasteiger partial charge in [-0.25, -0.2) is 15.2 Å². The first-order valence-corrected chi connectivity index (χ1v) is 19.1. The molecule has 0 bridgehead atoms. The van der Waals surface area contributed by atoms with E-state index in [1.165, 1.54) is 25.5 Å². The number of H-pyrrole nitrogens is 2. The Morgan fingerprint density at radius 1 is 0.808 bits per heavy atom. The van der Waals surface area contributed by atoms with Crippen molar-refractivity contribution < 1.29 is 23.7 Å². The molecule has 270 valence electrons. The topological polar surface area (TPSA) is 158 Å². The van der Waals surface area contributed by atoms with Gasteiger partial charge >= 0.3 is 11.3 Å². The molecule has 3 aliphatic heterocycles. The van der Waals surface area contributed by atoms with Crippen molar-refractivity contribution in [3.05, 3.63) is 92.4 Å². The maximum Gasteiger partial charge on any atom is 0.355 e. The van der Waals surface area contributed by atoms with Gasteiger partial charge in [0.2, 0.25) is 24.5 Å². The zero-order valence-electron chi connectivity index (χ0n) is 28.8. The Kier molecular flexibility index (Phi) is 12.6. The highest BCUT2D eigenvalue weighted by atomic mass is 79.9. The van der Waals surface area contributed by atoms with Gasteiger partial charge in [-0.05, 0) is 83.2 Å². The van der Waals surface area contributed by atoms with E-state index in [9.17, 15) is 9.59 Å². The Morgan fingerprint density at radius 2 is 1.42 bits per heavy atom. The van der Waals surface area contributed by atoms with E-state index in [1.54, 1.807) is 0 Å². The Hall–Kier alpha value is -4.31. The fourth-order valence-electron chi connectivity index (χ4n) is 6.10. The lowest BCUT2D eigenvalue weighted by atomic mass is 9.95. The SMILES string of the molecule is C1CCOC1.CCC[n+]1[nH]cc2c(C3C(=O)Nc4ccc(Br)cc43)ncnc21.CCC[n+]1[nH]cc2c(Cl)ncnc21.O=C1Cc2cc(Br)ccc2N1. The molecule has 2 aromatic carbocycles. The van der Waals surface area contributed by atoms with Gasteiger partial charge in [-0.1, -0.05) is 57.3 Å². The molecule has 16 heteroatoms. The Bertz CT molecular complexity index is 2200. The first kappa shape index (κ1) is 37.4. The van der Waals surface area contributed by atoms with Crippen molar-refractivity contribution in [3.63, 3.8) is 0 Å². The minimum absolute atomic E-state index is 0.0543. The van der Waals surface area contributed by atoms with Crippen molar-refractivity contribution in [2.45, 2.75) is 65.0 Å². The van der Waals surface area contributed by atoms with Crippen LogP contribution in [0.4, 0.5) is 11.4 Å². The molecule has 13 nitrogen and oxygen atoms in total. The number of hydrogen-bond donors (Lipinski definition) is 4. The summed E-state index contributed by atoms with van der Waals surface area (Å²) >= 11 is 12.7. The van der Waals surface area contributed by atoms with Crippen LogP contribution in [0.1, 0.15) is 62.3 Å². The molecule has 0 spiro atoms. The van der Waals surface area contributed by atoms with Crippen LogP contribution in [-0.4, -0.2) is 55.2 Å². The van der Waals surface area contributed by atoms with Crippen LogP contribution in [0, 0.1) is 0 Å². The molecule has 3 aliphatic rings. The minimum atomic E-state index is -0.418. The Morgan fingerprint density at radius 3 is 2.08 bits per heavy atom. The van der Waals surface area contributed by atoms with Gasteiger partial charge < -0.3 is 15.4 Å². The van der Waals surface area contributed by atoms with Crippen LogP contribution in [0.25, 0.3) is 22.1 Å². The summed E-state index contributed by atoms with van der Waals surface area (Å²) in [5, 5.41) is 14.2. The van der Waals surface area contributed by atoms with Crippen LogP contribution in [0.3, 0.4) is 0 Å². The van der Waals surface area contributed by atoms with Gasteiger partial charge in [-0.3, -0.25) is 9.59 Å². The number of aromatic amines is 2. The number of anilines is 2.